The van der Waals surface area contributed by atoms with Crippen molar-refractivity contribution in [3.8, 4) is 20.9 Å². The molecule has 0 aliphatic rings. The number of thiophene rings is 2. The van der Waals surface area contributed by atoms with Gasteiger partial charge >= 0.3 is 5.63 Å². The van der Waals surface area contributed by atoms with E-state index in [4.69, 9.17) is 4.42 Å². The van der Waals surface area contributed by atoms with Crippen LogP contribution < -0.4 is 5.63 Å². The molecular formula is C19H14O2S2. The zero-order chi connectivity index (χ0) is 16.0. The van der Waals surface area contributed by atoms with Crippen molar-refractivity contribution in [1.29, 1.82) is 0 Å². The molecule has 1 aromatic carbocycles. The minimum Gasteiger partial charge on any atom is -0.422 e. The summed E-state index contributed by atoms with van der Waals surface area (Å²) in [4.78, 5) is 16.9. The fourth-order valence-corrected chi connectivity index (χ4v) is 4.35. The van der Waals surface area contributed by atoms with Gasteiger partial charge in [-0.1, -0.05) is 0 Å². The van der Waals surface area contributed by atoms with Crippen molar-refractivity contribution >= 4 is 33.6 Å². The van der Waals surface area contributed by atoms with Crippen LogP contribution >= 0.6 is 22.7 Å². The summed E-state index contributed by atoms with van der Waals surface area (Å²) in [6.07, 6.45) is 0. The van der Waals surface area contributed by atoms with Crippen LogP contribution in [0.4, 0.5) is 0 Å². The summed E-state index contributed by atoms with van der Waals surface area (Å²) in [7, 11) is 0. The maximum Gasteiger partial charge on any atom is 0.345 e. The predicted molar refractivity (Wildman–Crippen MR) is 98.6 cm³/mol. The molecule has 0 bridgehead atoms. The Morgan fingerprint density at radius 1 is 0.826 bits per heavy atom. The van der Waals surface area contributed by atoms with Crippen LogP contribution in [0.2, 0.25) is 0 Å². The summed E-state index contributed by atoms with van der Waals surface area (Å²) in [6.45, 7) is 4.14. The molecule has 0 aliphatic heterocycles. The Balaban J connectivity index is 1.90. The van der Waals surface area contributed by atoms with Crippen molar-refractivity contribution < 1.29 is 4.42 Å². The Bertz CT molecular complexity index is 1070. The maximum absolute atomic E-state index is 12.2. The van der Waals surface area contributed by atoms with Gasteiger partial charge in [-0.25, -0.2) is 4.79 Å². The second-order valence-electron chi connectivity index (χ2n) is 5.52. The Hall–Kier alpha value is -2.17. The lowest BCUT2D eigenvalue weighted by Crippen LogP contribution is -2.01. The average Bonchev–Trinajstić information content (AvgIpc) is 3.15. The SMILES string of the molecule is Cc1ccc(-c2ccc3oc(=O)c(-c4ccc(C)s4)cc3c2)s1. The van der Waals surface area contributed by atoms with Crippen LogP contribution in [0.1, 0.15) is 9.75 Å². The molecule has 0 radical (unpaired) electrons. The van der Waals surface area contributed by atoms with E-state index in [0.29, 0.717) is 11.1 Å². The lowest BCUT2D eigenvalue weighted by atomic mass is 10.1. The summed E-state index contributed by atoms with van der Waals surface area (Å²) in [5.74, 6) is 0. The molecule has 4 aromatic rings. The average molecular weight is 338 g/mol. The van der Waals surface area contributed by atoms with Crippen molar-refractivity contribution in [3.63, 3.8) is 0 Å². The number of aryl methyl sites for hydroxylation is 2. The summed E-state index contributed by atoms with van der Waals surface area (Å²) < 4.78 is 5.51. The third-order valence-electron chi connectivity index (χ3n) is 3.76. The van der Waals surface area contributed by atoms with Crippen molar-refractivity contribution in [2.75, 3.05) is 0 Å². The first-order valence-corrected chi connectivity index (χ1v) is 8.95. The normalized spacial score (nSPS) is 11.2. The number of benzene rings is 1. The Morgan fingerprint density at radius 3 is 2.17 bits per heavy atom. The second kappa shape index (κ2) is 5.48. The van der Waals surface area contributed by atoms with Crippen molar-refractivity contribution in [1.82, 2.24) is 0 Å². The van der Waals surface area contributed by atoms with Gasteiger partial charge in [0, 0.05) is 24.9 Å². The van der Waals surface area contributed by atoms with E-state index >= 15 is 0 Å². The molecule has 4 heteroatoms. The van der Waals surface area contributed by atoms with E-state index < -0.39 is 0 Å². The molecule has 0 spiro atoms. The van der Waals surface area contributed by atoms with Crippen LogP contribution in [0.15, 0.2) is 57.7 Å². The molecular weight excluding hydrogens is 324 g/mol. The Labute approximate surface area is 141 Å². The van der Waals surface area contributed by atoms with Gasteiger partial charge in [-0.3, -0.25) is 0 Å². The quantitative estimate of drug-likeness (QED) is 0.428. The van der Waals surface area contributed by atoms with Gasteiger partial charge in [0.05, 0.1) is 5.56 Å². The topological polar surface area (TPSA) is 30.2 Å². The lowest BCUT2D eigenvalue weighted by Gasteiger charge is -2.03. The van der Waals surface area contributed by atoms with E-state index in [1.165, 1.54) is 14.6 Å². The van der Waals surface area contributed by atoms with E-state index in [0.717, 1.165) is 15.8 Å². The molecule has 0 saturated heterocycles. The molecule has 2 nitrogen and oxygen atoms in total. The van der Waals surface area contributed by atoms with Gasteiger partial charge in [-0.15, -0.1) is 22.7 Å². The van der Waals surface area contributed by atoms with Crippen molar-refractivity contribution in [3.05, 3.63) is 68.7 Å². The van der Waals surface area contributed by atoms with Crippen LogP contribution in [0.5, 0.6) is 0 Å². The van der Waals surface area contributed by atoms with Gasteiger partial charge in [0.1, 0.15) is 5.58 Å². The Morgan fingerprint density at radius 2 is 1.52 bits per heavy atom. The highest BCUT2D eigenvalue weighted by Crippen LogP contribution is 2.32. The van der Waals surface area contributed by atoms with Crippen molar-refractivity contribution in [2.24, 2.45) is 0 Å². The highest BCUT2D eigenvalue weighted by Gasteiger charge is 2.11. The molecule has 4 rings (SSSR count). The first-order chi connectivity index (χ1) is 11.1. The molecule has 0 saturated carbocycles. The monoisotopic (exact) mass is 338 g/mol. The van der Waals surface area contributed by atoms with E-state index in [2.05, 4.69) is 25.1 Å². The molecule has 0 aliphatic carbocycles. The molecule has 3 aromatic heterocycles. The standard InChI is InChI=1S/C19H14O2S2/c1-11-3-7-17(22-11)13-5-6-16-14(9-13)10-15(19(20)21-16)18-8-4-12(2)23-18/h3-10H,1-2H3. The molecule has 0 amide bonds. The summed E-state index contributed by atoms with van der Waals surface area (Å²) in [6, 6.07) is 16.2. The number of hydrogen-bond acceptors (Lipinski definition) is 4. The van der Waals surface area contributed by atoms with Crippen LogP contribution in [0.25, 0.3) is 31.9 Å². The van der Waals surface area contributed by atoms with E-state index in [9.17, 15) is 4.79 Å². The molecule has 0 atom stereocenters. The second-order valence-corrected chi connectivity index (χ2v) is 8.10. The first kappa shape index (κ1) is 14.4. The van der Waals surface area contributed by atoms with Crippen LogP contribution in [0, 0.1) is 13.8 Å². The third-order valence-corrected chi connectivity index (χ3v) is 5.85. The lowest BCUT2D eigenvalue weighted by molar-refractivity contribution is 0.564. The minimum absolute atomic E-state index is 0.279. The highest BCUT2D eigenvalue weighted by molar-refractivity contribution is 7.15. The van der Waals surface area contributed by atoms with E-state index in [1.54, 1.807) is 22.7 Å². The molecule has 0 unspecified atom stereocenters. The Kier molecular flexibility index (Phi) is 3.43. The third kappa shape index (κ3) is 2.64. The van der Waals surface area contributed by atoms with Crippen molar-refractivity contribution in [2.45, 2.75) is 13.8 Å². The van der Waals surface area contributed by atoms with Gasteiger partial charge in [0.25, 0.3) is 0 Å². The smallest absolute Gasteiger partial charge is 0.345 e. The molecule has 0 N–H and O–H groups in total. The fraction of sp³-hybridized carbons (Fsp3) is 0.105. The number of hydrogen-bond donors (Lipinski definition) is 0. The summed E-state index contributed by atoms with van der Waals surface area (Å²) >= 11 is 3.38. The zero-order valence-electron chi connectivity index (χ0n) is 12.8. The van der Waals surface area contributed by atoms with Gasteiger partial charge in [-0.2, -0.15) is 0 Å². The zero-order valence-corrected chi connectivity index (χ0v) is 14.4. The number of rotatable bonds is 2. The predicted octanol–water partition coefficient (Wildman–Crippen LogP) is 5.87. The van der Waals surface area contributed by atoms with Gasteiger partial charge in [-0.05, 0) is 67.9 Å². The molecule has 23 heavy (non-hydrogen) atoms. The van der Waals surface area contributed by atoms with Gasteiger partial charge in [0.15, 0.2) is 0 Å². The number of fused-ring (bicyclic) bond motifs is 1. The highest BCUT2D eigenvalue weighted by atomic mass is 32.1. The maximum atomic E-state index is 12.2. The molecule has 114 valence electrons. The fourth-order valence-electron chi connectivity index (χ4n) is 2.62. The summed E-state index contributed by atoms with van der Waals surface area (Å²) in [5.41, 5.74) is 2.14. The van der Waals surface area contributed by atoms with Gasteiger partial charge < -0.3 is 4.42 Å². The van der Waals surface area contributed by atoms with Crippen LogP contribution in [-0.4, -0.2) is 0 Å². The van der Waals surface area contributed by atoms with Crippen LogP contribution in [-0.2, 0) is 0 Å². The van der Waals surface area contributed by atoms with E-state index in [1.807, 2.05) is 37.3 Å². The molecule has 3 heterocycles. The summed E-state index contributed by atoms with van der Waals surface area (Å²) in [5, 5.41) is 0.953. The largest absolute Gasteiger partial charge is 0.422 e. The molecule has 0 fully saturated rings. The minimum atomic E-state index is -0.279. The van der Waals surface area contributed by atoms with Gasteiger partial charge in [0.2, 0.25) is 0 Å². The van der Waals surface area contributed by atoms with Crippen LogP contribution in [0.3, 0.4) is 0 Å². The van der Waals surface area contributed by atoms with E-state index in [-0.39, 0.29) is 5.63 Å². The first-order valence-electron chi connectivity index (χ1n) is 7.32.